The van der Waals surface area contributed by atoms with Crippen molar-refractivity contribution in [2.75, 3.05) is 4.43 Å². The Labute approximate surface area is 89.4 Å². The number of nitro groups is 1. The second-order valence-corrected chi connectivity index (χ2v) is 3.00. The highest BCUT2D eigenvalue weighted by Gasteiger charge is 2.01. The number of hydrogen-bond donors (Lipinski definition) is 0. The fourth-order valence-corrected chi connectivity index (χ4v) is 0.993. The van der Waals surface area contributed by atoms with Crippen LogP contribution in [0.1, 0.15) is 5.56 Å². The highest BCUT2D eigenvalue weighted by Crippen LogP contribution is 2.10. The molecule has 0 N–H and O–H groups in total. The van der Waals surface area contributed by atoms with Crippen LogP contribution in [0.2, 0.25) is 0 Å². The summed E-state index contributed by atoms with van der Waals surface area (Å²) in [6.07, 6.45) is 0. The van der Waals surface area contributed by atoms with Gasteiger partial charge in [0.1, 0.15) is 0 Å². The third-order valence-corrected chi connectivity index (χ3v) is 1.76. The van der Waals surface area contributed by atoms with Gasteiger partial charge in [-0.25, -0.2) is 0 Å². The molecule has 0 aromatic heterocycles. The molecule has 0 aliphatic carbocycles. The molecule has 0 radical (unpaired) electrons. The van der Waals surface area contributed by atoms with Gasteiger partial charge in [-0.05, 0) is 12.1 Å². The quantitative estimate of drug-likeness (QED) is 0.262. The summed E-state index contributed by atoms with van der Waals surface area (Å²) in [7, 11) is 0. The molecule has 13 heavy (non-hydrogen) atoms. The van der Waals surface area contributed by atoms with E-state index < -0.39 is 4.92 Å². The van der Waals surface area contributed by atoms with Gasteiger partial charge in [-0.3, -0.25) is 10.1 Å². The van der Waals surface area contributed by atoms with Crippen molar-refractivity contribution < 1.29 is 4.92 Å². The minimum atomic E-state index is -0.421. The lowest BCUT2D eigenvalue weighted by Gasteiger charge is -1.90. The Bertz CT molecular complexity index is 361. The summed E-state index contributed by atoms with van der Waals surface area (Å²) < 4.78 is 0.759. The van der Waals surface area contributed by atoms with E-state index in [-0.39, 0.29) is 5.69 Å². The summed E-state index contributed by atoms with van der Waals surface area (Å²) >= 11 is 2.15. The van der Waals surface area contributed by atoms with Gasteiger partial charge in [0.25, 0.3) is 5.69 Å². The molecule has 0 spiro atoms. The van der Waals surface area contributed by atoms with Crippen molar-refractivity contribution >= 4 is 28.3 Å². The molecule has 0 saturated carbocycles. The molecule has 0 aliphatic heterocycles. The Morgan fingerprint density at radius 2 is 2.00 bits per heavy atom. The minimum absolute atomic E-state index is 0.0972. The van der Waals surface area contributed by atoms with E-state index >= 15 is 0 Å². The van der Waals surface area contributed by atoms with Crippen LogP contribution in [0.25, 0.3) is 0 Å². The van der Waals surface area contributed by atoms with Crippen LogP contribution >= 0.6 is 22.6 Å². The molecule has 4 heteroatoms. The summed E-state index contributed by atoms with van der Waals surface area (Å²) in [6.45, 7) is 0. The van der Waals surface area contributed by atoms with Gasteiger partial charge in [0.05, 0.1) is 9.35 Å². The molecule has 1 aromatic carbocycles. The normalized spacial score (nSPS) is 8.69. The van der Waals surface area contributed by atoms with E-state index in [9.17, 15) is 10.1 Å². The Hall–Kier alpha value is -1.09. The summed E-state index contributed by atoms with van der Waals surface area (Å²) in [5.74, 6) is 5.76. The molecule has 1 rings (SSSR count). The standard InChI is InChI=1S/C9H6INO2/c10-7-1-2-8-3-5-9(6-4-8)11(12)13/h3-6H,7H2. The monoisotopic (exact) mass is 287 g/mol. The van der Waals surface area contributed by atoms with E-state index in [1.807, 2.05) is 0 Å². The highest BCUT2D eigenvalue weighted by atomic mass is 127. The minimum Gasteiger partial charge on any atom is -0.258 e. The van der Waals surface area contributed by atoms with E-state index in [1.165, 1.54) is 12.1 Å². The molecule has 3 nitrogen and oxygen atoms in total. The van der Waals surface area contributed by atoms with Crippen LogP contribution in [0.4, 0.5) is 5.69 Å². The fourth-order valence-electron chi connectivity index (χ4n) is 0.802. The van der Waals surface area contributed by atoms with Crippen LogP contribution < -0.4 is 0 Å². The average molecular weight is 287 g/mol. The Balaban J connectivity index is 2.87. The number of hydrogen-bond acceptors (Lipinski definition) is 2. The first-order valence-electron chi connectivity index (χ1n) is 3.53. The Morgan fingerprint density at radius 3 is 2.46 bits per heavy atom. The van der Waals surface area contributed by atoms with Gasteiger partial charge in [-0.2, -0.15) is 0 Å². The summed E-state index contributed by atoms with van der Waals surface area (Å²) in [4.78, 5) is 9.87. The van der Waals surface area contributed by atoms with Gasteiger partial charge >= 0.3 is 0 Å². The maximum Gasteiger partial charge on any atom is 0.269 e. The van der Waals surface area contributed by atoms with Crippen LogP contribution in [0.5, 0.6) is 0 Å². The second-order valence-electron chi connectivity index (χ2n) is 2.24. The smallest absolute Gasteiger partial charge is 0.258 e. The van der Waals surface area contributed by atoms with Gasteiger partial charge in [0.2, 0.25) is 0 Å². The maximum atomic E-state index is 10.3. The molecule has 66 valence electrons. The maximum absolute atomic E-state index is 10.3. The van der Waals surface area contributed by atoms with Gasteiger partial charge in [0, 0.05) is 17.7 Å². The van der Waals surface area contributed by atoms with Gasteiger partial charge < -0.3 is 0 Å². The molecule has 0 fully saturated rings. The van der Waals surface area contributed by atoms with Crippen LogP contribution in [0.15, 0.2) is 24.3 Å². The molecule has 0 amide bonds. The second kappa shape index (κ2) is 4.82. The van der Waals surface area contributed by atoms with Crippen molar-refractivity contribution in [2.24, 2.45) is 0 Å². The van der Waals surface area contributed by atoms with E-state index in [2.05, 4.69) is 34.4 Å². The first-order chi connectivity index (χ1) is 6.24. The average Bonchev–Trinajstić information content (AvgIpc) is 2.15. The number of benzene rings is 1. The van der Waals surface area contributed by atoms with E-state index in [0.717, 1.165) is 9.99 Å². The number of nitro benzene ring substituents is 1. The van der Waals surface area contributed by atoms with Gasteiger partial charge in [-0.1, -0.05) is 34.4 Å². The van der Waals surface area contributed by atoms with Crippen molar-refractivity contribution in [3.05, 3.63) is 39.9 Å². The largest absolute Gasteiger partial charge is 0.269 e. The molecule has 0 heterocycles. The third-order valence-electron chi connectivity index (χ3n) is 1.38. The summed E-state index contributed by atoms with van der Waals surface area (Å²) in [5.41, 5.74) is 0.905. The van der Waals surface area contributed by atoms with Crippen molar-refractivity contribution in [3.63, 3.8) is 0 Å². The predicted molar refractivity (Wildman–Crippen MR) is 58.9 cm³/mol. The molecule has 0 aliphatic rings. The lowest BCUT2D eigenvalue weighted by atomic mass is 10.2. The van der Waals surface area contributed by atoms with E-state index in [1.54, 1.807) is 12.1 Å². The fraction of sp³-hybridized carbons (Fsp3) is 0.111. The van der Waals surface area contributed by atoms with Gasteiger partial charge in [-0.15, -0.1) is 0 Å². The first-order valence-corrected chi connectivity index (χ1v) is 5.06. The molecular formula is C9H6INO2. The topological polar surface area (TPSA) is 43.1 Å². The Morgan fingerprint density at radius 1 is 1.38 bits per heavy atom. The molecule has 0 saturated heterocycles. The molecule has 0 atom stereocenters. The zero-order valence-electron chi connectivity index (χ0n) is 6.66. The summed E-state index contributed by atoms with van der Waals surface area (Å²) in [5, 5.41) is 10.3. The summed E-state index contributed by atoms with van der Waals surface area (Å²) in [6, 6.07) is 6.21. The van der Waals surface area contributed by atoms with E-state index in [0.29, 0.717) is 0 Å². The molecule has 0 unspecified atom stereocenters. The number of nitrogens with zero attached hydrogens (tertiary/aromatic N) is 1. The number of non-ortho nitro benzene ring substituents is 1. The zero-order valence-corrected chi connectivity index (χ0v) is 8.82. The van der Waals surface area contributed by atoms with Crippen LogP contribution in [-0.2, 0) is 0 Å². The highest BCUT2D eigenvalue weighted by molar-refractivity contribution is 14.1. The molecule has 0 bridgehead atoms. The van der Waals surface area contributed by atoms with Crippen molar-refractivity contribution in [1.29, 1.82) is 0 Å². The van der Waals surface area contributed by atoms with Crippen LogP contribution in [0.3, 0.4) is 0 Å². The van der Waals surface area contributed by atoms with Crippen LogP contribution in [0, 0.1) is 22.0 Å². The molecule has 1 aromatic rings. The van der Waals surface area contributed by atoms with Crippen molar-refractivity contribution in [1.82, 2.24) is 0 Å². The lowest BCUT2D eigenvalue weighted by molar-refractivity contribution is -0.384. The predicted octanol–water partition coefficient (Wildman–Crippen LogP) is 2.38. The lowest BCUT2D eigenvalue weighted by Crippen LogP contribution is -1.86. The van der Waals surface area contributed by atoms with Gasteiger partial charge in [0.15, 0.2) is 0 Å². The van der Waals surface area contributed by atoms with E-state index in [4.69, 9.17) is 0 Å². The first kappa shape index (κ1) is 9.99. The molecular weight excluding hydrogens is 281 g/mol. The van der Waals surface area contributed by atoms with Crippen LogP contribution in [-0.4, -0.2) is 9.35 Å². The number of halogens is 1. The van der Waals surface area contributed by atoms with Crippen molar-refractivity contribution in [2.45, 2.75) is 0 Å². The zero-order chi connectivity index (χ0) is 9.68. The Kier molecular flexibility index (Phi) is 3.71. The number of alkyl halides is 1. The van der Waals surface area contributed by atoms with Crippen molar-refractivity contribution in [3.8, 4) is 11.8 Å². The third kappa shape index (κ3) is 3.03. The number of rotatable bonds is 1. The SMILES string of the molecule is O=[N+]([O-])c1ccc(C#CCI)cc1.